The largest absolute Gasteiger partial charge is 0.486 e. The van der Waals surface area contributed by atoms with E-state index >= 15 is 0 Å². The average molecular weight is 766 g/mol. The molecule has 0 aliphatic heterocycles. The molecule has 0 saturated carbocycles. The zero-order chi connectivity index (χ0) is 30.7. The molecule has 5 heteroatoms. The summed E-state index contributed by atoms with van der Waals surface area (Å²) >= 11 is 0. The average Bonchev–Trinajstić information content (AvgIpc) is 3.40. The maximum atomic E-state index is 6.29. The fourth-order valence-electron chi connectivity index (χ4n) is 5.40. The molecule has 0 aliphatic carbocycles. The van der Waals surface area contributed by atoms with Crippen LogP contribution in [0, 0.1) is 26.0 Å². The summed E-state index contributed by atoms with van der Waals surface area (Å²) in [7, 11) is 0. The van der Waals surface area contributed by atoms with Crippen molar-refractivity contribution in [1.29, 1.82) is 0 Å². The molecule has 45 heavy (non-hydrogen) atoms. The van der Waals surface area contributed by atoms with Crippen LogP contribution in [-0.2, 0) is 31.9 Å². The van der Waals surface area contributed by atoms with Crippen molar-refractivity contribution in [2.45, 2.75) is 46.5 Å². The zero-order valence-corrected chi connectivity index (χ0v) is 28.6. The molecule has 4 aromatic heterocycles. The first-order valence-electron chi connectivity index (χ1n) is 14.9. The molecule has 0 saturated heterocycles. The Hall–Kier alpha value is -4.44. The third-order valence-corrected chi connectivity index (χ3v) is 7.65. The second-order valence-electron chi connectivity index (χ2n) is 12.1. The minimum atomic E-state index is 0. The van der Waals surface area contributed by atoms with E-state index in [2.05, 4.69) is 93.3 Å². The molecular weight excluding hydrogens is 731 g/mol. The Bertz CT molecular complexity index is 2030. The first-order valence-corrected chi connectivity index (χ1v) is 14.9. The predicted molar refractivity (Wildman–Crippen MR) is 180 cm³/mol. The normalized spacial score (nSPS) is 11.1. The van der Waals surface area contributed by atoms with Crippen LogP contribution in [0.4, 0.5) is 0 Å². The number of aromatic nitrogens is 3. The van der Waals surface area contributed by atoms with Crippen LogP contribution in [0.15, 0.2) is 114 Å². The van der Waals surface area contributed by atoms with Gasteiger partial charge in [-0.25, -0.2) is 4.98 Å². The van der Waals surface area contributed by atoms with E-state index in [0.717, 1.165) is 51.0 Å². The second-order valence-corrected chi connectivity index (χ2v) is 12.1. The van der Waals surface area contributed by atoms with Crippen molar-refractivity contribution in [1.82, 2.24) is 15.0 Å². The minimum absolute atomic E-state index is 0. The van der Waals surface area contributed by atoms with Crippen molar-refractivity contribution in [2.24, 2.45) is 0 Å². The fraction of sp³-hybridized carbons (Fsp3) is 0.175. The van der Waals surface area contributed by atoms with Gasteiger partial charge in [-0.15, -0.1) is 54.1 Å². The smallest absolute Gasteiger partial charge is 0.216 e. The molecule has 7 rings (SSSR count). The summed E-state index contributed by atoms with van der Waals surface area (Å²) in [6, 6.07) is 39.2. The van der Waals surface area contributed by atoms with Crippen molar-refractivity contribution in [2.75, 3.05) is 0 Å². The number of benzene rings is 3. The van der Waals surface area contributed by atoms with Crippen LogP contribution in [0.1, 0.15) is 48.7 Å². The molecule has 0 fully saturated rings. The number of hydrogen-bond donors (Lipinski definition) is 0. The molecule has 0 atom stereocenters. The van der Waals surface area contributed by atoms with Gasteiger partial charge in [-0.05, 0) is 65.0 Å². The number of nitrogens with zero attached hydrogens (tertiary/aromatic N) is 3. The Kier molecular flexibility index (Phi) is 9.72. The Labute approximate surface area is 279 Å². The zero-order valence-electron chi connectivity index (χ0n) is 26.2. The monoisotopic (exact) mass is 766 g/mol. The summed E-state index contributed by atoms with van der Waals surface area (Å²) in [5, 5.41) is 2.06. The van der Waals surface area contributed by atoms with Gasteiger partial charge in [0.1, 0.15) is 0 Å². The summed E-state index contributed by atoms with van der Waals surface area (Å²) in [4.78, 5) is 13.8. The molecule has 4 nitrogen and oxygen atoms in total. The van der Waals surface area contributed by atoms with E-state index in [1.54, 1.807) is 0 Å². The van der Waals surface area contributed by atoms with E-state index < -0.39 is 0 Å². The summed E-state index contributed by atoms with van der Waals surface area (Å²) < 4.78 is 6.29. The van der Waals surface area contributed by atoms with Gasteiger partial charge >= 0.3 is 0 Å². The molecule has 0 spiro atoms. The van der Waals surface area contributed by atoms with Crippen LogP contribution in [0.25, 0.3) is 44.6 Å². The fourth-order valence-corrected chi connectivity index (χ4v) is 5.40. The Morgan fingerprint density at radius 3 is 2.22 bits per heavy atom. The molecule has 0 amide bonds. The molecule has 1 radical (unpaired) electrons. The summed E-state index contributed by atoms with van der Waals surface area (Å²) in [6.07, 6.45) is 4.60. The molecule has 4 heterocycles. The van der Waals surface area contributed by atoms with Gasteiger partial charge in [-0.3, -0.25) is 0 Å². The van der Waals surface area contributed by atoms with Crippen molar-refractivity contribution >= 4 is 22.1 Å². The van der Waals surface area contributed by atoms with Gasteiger partial charge in [0.15, 0.2) is 0 Å². The van der Waals surface area contributed by atoms with E-state index in [4.69, 9.17) is 14.4 Å². The third-order valence-electron chi connectivity index (χ3n) is 7.65. The number of hydrogen-bond acceptors (Lipinski definition) is 4. The van der Waals surface area contributed by atoms with Crippen molar-refractivity contribution < 1.29 is 24.5 Å². The van der Waals surface area contributed by atoms with Gasteiger partial charge < -0.3 is 14.4 Å². The van der Waals surface area contributed by atoms with Crippen LogP contribution >= 0.6 is 0 Å². The Morgan fingerprint density at radius 1 is 0.733 bits per heavy atom. The Balaban J connectivity index is 0.000000240. The number of furan rings is 1. The van der Waals surface area contributed by atoms with Crippen molar-refractivity contribution in [3.8, 4) is 22.5 Å². The van der Waals surface area contributed by atoms with Crippen LogP contribution in [0.3, 0.4) is 0 Å². The van der Waals surface area contributed by atoms with E-state index in [1.807, 2.05) is 67.8 Å². The van der Waals surface area contributed by atoms with Crippen LogP contribution in [0.5, 0.6) is 0 Å². The number of pyridine rings is 3. The van der Waals surface area contributed by atoms with E-state index in [9.17, 15) is 0 Å². The van der Waals surface area contributed by atoms with Crippen LogP contribution < -0.4 is 0 Å². The second kappa shape index (κ2) is 13.7. The molecule has 7 aromatic rings. The van der Waals surface area contributed by atoms with Crippen molar-refractivity contribution in [3.63, 3.8) is 0 Å². The van der Waals surface area contributed by atoms with E-state index in [-0.39, 0.29) is 25.5 Å². The molecule has 0 bridgehead atoms. The number of rotatable bonds is 4. The van der Waals surface area contributed by atoms with Gasteiger partial charge in [0.25, 0.3) is 0 Å². The van der Waals surface area contributed by atoms with Gasteiger partial charge in [0.2, 0.25) is 5.71 Å². The van der Waals surface area contributed by atoms with Gasteiger partial charge in [0, 0.05) is 50.0 Å². The molecule has 0 N–H and O–H groups in total. The first-order chi connectivity index (χ1) is 21.3. The quantitative estimate of drug-likeness (QED) is 0.168. The maximum Gasteiger partial charge on any atom is 0.216 e. The Morgan fingerprint density at radius 2 is 1.51 bits per heavy atom. The molecule has 227 valence electrons. The SMILES string of the molecule is Cc1ccc(-c2[c-]cccc2)nc1.Cc1cnc(-c2[c-]ccc3c2oc2nc(Cc4ccccc4)ccc23)cc1C(C)(C)C.[Ir]. The van der Waals surface area contributed by atoms with Crippen LogP contribution in [0.2, 0.25) is 0 Å². The van der Waals surface area contributed by atoms with Gasteiger partial charge in [0.05, 0.1) is 5.58 Å². The summed E-state index contributed by atoms with van der Waals surface area (Å²) in [6.45, 7) is 10.8. The minimum Gasteiger partial charge on any atom is -0.486 e. The summed E-state index contributed by atoms with van der Waals surface area (Å²) in [5.41, 5.74) is 11.2. The maximum absolute atomic E-state index is 6.29. The first kappa shape index (κ1) is 32.0. The number of fused-ring (bicyclic) bond motifs is 3. The molecular formula is C40H35IrN3O-2. The van der Waals surface area contributed by atoms with Crippen LogP contribution in [-0.4, -0.2) is 15.0 Å². The van der Waals surface area contributed by atoms with E-state index in [0.29, 0.717) is 5.71 Å². The standard InChI is InChI=1S/C28H25N2O.C12H10N.Ir/c1-18-17-29-25(16-24(18)28(2,3)4)23-12-8-11-21-22-14-13-20(30-27(22)31-26(21)23)15-19-9-6-5-7-10-19;1-10-7-8-12(13-9-10)11-5-3-2-4-6-11;/h5-11,13-14,16-17H,15H2,1-4H3;2-5,7-9H,1H3;/q2*-1;. The summed E-state index contributed by atoms with van der Waals surface area (Å²) in [5.74, 6) is 0. The molecule has 0 aliphatic rings. The molecule has 0 unspecified atom stereocenters. The number of aryl methyl sites for hydroxylation is 2. The van der Waals surface area contributed by atoms with E-state index in [1.165, 1.54) is 22.3 Å². The van der Waals surface area contributed by atoms with Crippen molar-refractivity contribution in [3.05, 3.63) is 150 Å². The topological polar surface area (TPSA) is 51.8 Å². The molecule has 3 aromatic carbocycles. The van der Waals surface area contributed by atoms with Gasteiger partial charge in [-0.2, -0.15) is 0 Å². The third kappa shape index (κ3) is 7.28. The van der Waals surface area contributed by atoms with Gasteiger partial charge in [-0.1, -0.05) is 80.3 Å². The predicted octanol–water partition coefficient (Wildman–Crippen LogP) is 9.89.